The number of Topliss-reactive ketones (excluding diaryl/α,β-unsaturated/α-hetero) is 1. The van der Waals surface area contributed by atoms with Gasteiger partial charge >= 0.3 is 0 Å². The second kappa shape index (κ2) is 18.2. The lowest BCUT2D eigenvalue weighted by atomic mass is 9.83. The summed E-state index contributed by atoms with van der Waals surface area (Å²) in [6.07, 6.45) is 9.91. The van der Waals surface area contributed by atoms with Crippen molar-refractivity contribution in [2.45, 2.75) is 59.8 Å². The number of para-hydroxylation sites is 2. The third-order valence-corrected chi connectivity index (χ3v) is 8.78. The maximum Gasteiger partial charge on any atom is 0.163 e. The fourth-order valence-corrected chi connectivity index (χ4v) is 6.00. The second-order valence-corrected chi connectivity index (χ2v) is 13.0. The zero-order valence-corrected chi connectivity index (χ0v) is 29.1. The number of anilines is 2. The van der Waals surface area contributed by atoms with Gasteiger partial charge in [-0.15, -0.1) is 0 Å². The van der Waals surface area contributed by atoms with Gasteiger partial charge in [-0.25, -0.2) is 9.97 Å². The van der Waals surface area contributed by atoms with E-state index in [2.05, 4.69) is 52.7 Å². The smallest absolute Gasteiger partial charge is 0.163 e. The Morgan fingerprint density at radius 2 is 1.66 bits per heavy atom. The average Bonchev–Trinajstić information content (AvgIpc) is 3.06. The third-order valence-electron chi connectivity index (χ3n) is 8.78. The molecule has 7 heteroatoms. The van der Waals surface area contributed by atoms with Gasteiger partial charge in [0.2, 0.25) is 0 Å². The van der Waals surface area contributed by atoms with Gasteiger partial charge < -0.3 is 20.3 Å². The summed E-state index contributed by atoms with van der Waals surface area (Å²) in [4.78, 5) is 23.8. The van der Waals surface area contributed by atoms with Crippen molar-refractivity contribution >= 4 is 28.2 Å². The Morgan fingerprint density at radius 3 is 2.36 bits per heavy atom. The highest BCUT2D eigenvalue weighted by atomic mass is 16.5. The van der Waals surface area contributed by atoms with Crippen LogP contribution in [0.2, 0.25) is 0 Å². The first-order valence-electron chi connectivity index (χ1n) is 17.1. The Hall–Kier alpha value is -4.23. The molecule has 1 aliphatic carbocycles. The van der Waals surface area contributed by atoms with Gasteiger partial charge in [0.15, 0.2) is 5.78 Å². The van der Waals surface area contributed by atoms with E-state index in [1.807, 2.05) is 99.7 Å². The van der Waals surface area contributed by atoms with Crippen LogP contribution in [-0.4, -0.2) is 49.5 Å². The minimum Gasteiger partial charge on any atom is -0.494 e. The van der Waals surface area contributed by atoms with E-state index in [0.717, 1.165) is 64.5 Å². The van der Waals surface area contributed by atoms with E-state index in [1.165, 1.54) is 31.2 Å². The molecule has 1 aromatic heterocycles. The summed E-state index contributed by atoms with van der Waals surface area (Å²) >= 11 is 0. The van der Waals surface area contributed by atoms with Crippen LogP contribution in [0.25, 0.3) is 10.9 Å². The molecule has 1 saturated carbocycles. The van der Waals surface area contributed by atoms with Crippen molar-refractivity contribution in [1.82, 2.24) is 15.3 Å². The van der Waals surface area contributed by atoms with Crippen molar-refractivity contribution < 1.29 is 9.53 Å². The van der Waals surface area contributed by atoms with Crippen molar-refractivity contribution in [2.24, 2.45) is 17.8 Å². The standard InChI is InChI=1S/C29H40N2O2.C11H13N3/c1-4-33-27-15-13-26(14-16-27)29(32)19-25(17-18-31-28-8-6-5-7-23(28)3)21-30-20-24-11-9-22(2)10-12-24;1-8-12-10-7-5-4-6-9(10)11(13-8)14(2)3/h5-8,13-18,22,24-25,30-31H,4,9-12,19-21H2,1-3H3;4-7H,1-3H3/b18-17+;. The molecule has 1 fully saturated rings. The van der Waals surface area contributed by atoms with Crippen molar-refractivity contribution in [3.05, 3.63) is 102 Å². The maximum atomic E-state index is 13.0. The molecule has 1 aliphatic rings. The van der Waals surface area contributed by atoms with Crippen LogP contribution in [0, 0.1) is 31.6 Å². The molecule has 250 valence electrons. The summed E-state index contributed by atoms with van der Waals surface area (Å²) in [7, 11) is 3.99. The van der Waals surface area contributed by atoms with Crippen molar-refractivity contribution in [2.75, 3.05) is 44.0 Å². The van der Waals surface area contributed by atoms with Gasteiger partial charge in [0.25, 0.3) is 0 Å². The summed E-state index contributed by atoms with van der Waals surface area (Å²) in [5.74, 6) is 4.52. The number of benzene rings is 3. The number of fused-ring (bicyclic) bond motifs is 1. The zero-order chi connectivity index (χ0) is 33.6. The zero-order valence-electron chi connectivity index (χ0n) is 29.1. The molecular weight excluding hydrogens is 582 g/mol. The number of nitrogens with zero attached hydrogens (tertiary/aromatic N) is 3. The number of carbonyl (C=O) groups excluding carboxylic acids is 1. The first-order chi connectivity index (χ1) is 22.7. The Morgan fingerprint density at radius 1 is 0.957 bits per heavy atom. The molecule has 0 saturated heterocycles. The quantitative estimate of drug-likeness (QED) is 0.142. The molecule has 0 aliphatic heterocycles. The van der Waals surface area contributed by atoms with E-state index in [1.54, 1.807) is 0 Å². The monoisotopic (exact) mass is 635 g/mol. The predicted octanol–water partition coefficient (Wildman–Crippen LogP) is 8.63. The maximum absolute atomic E-state index is 13.0. The van der Waals surface area contributed by atoms with Gasteiger partial charge in [0.05, 0.1) is 12.1 Å². The number of aryl methyl sites for hydroxylation is 2. The lowest BCUT2D eigenvalue weighted by molar-refractivity contribution is 0.0968. The summed E-state index contributed by atoms with van der Waals surface area (Å²) in [6, 6.07) is 23.8. The highest BCUT2D eigenvalue weighted by Gasteiger charge is 2.19. The molecule has 0 spiro atoms. The predicted molar refractivity (Wildman–Crippen MR) is 197 cm³/mol. The molecule has 0 radical (unpaired) electrons. The van der Waals surface area contributed by atoms with E-state index in [0.29, 0.717) is 13.0 Å². The Bertz CT molecular complexity index is 1580. The second-order valence-electron chi connectivity index (χ2n) is 13.0. The molecule has 0 amide bonds. The van der Waals surface area contributed by atoms with Gasteiger partial charge in [-0.05, 0) is 112 Å². The number of aromatic nitrogens is 2. The molecule has 3 aromatic carbocycles. The molecule has 1 atom stereocenters. The van der Waals surface area contributed by atoms with Crippen LogP contribution >= 0.6 is 0 Å². The molecule has 0 bridgehead atoms. The SMILES string of the molecule is CCOc1ccc(C(=O)CC(/C=C/Nc2ccccc2C)CNCC2CCC(C)CC2)cc1.Cc1nc(N(C)C)c2ccccc2n1. The normalized spacial score (nSPS) is 16.7. The Labute approximate surface area is 281 Å². The fraction of sp³-hybridized carbons (Fsp3) is 0.425. The Kier molecular flexibility index (Phi) is 13.8. The van der Waals surface area contributed by atoms with E-state index in [4.69, 9.17) is 4.74 Å². The lowest BCUT2D eigenvalue weighted by Gasteiger charge is -2.26. The molecule has 1 unspecified atom stereocenters. The van der Waals surface area contributed by atoms with Crippen LogP contribution in [0.4, 0.5) is 11.5 Å². The summed E-state index contributed by atoms with van der Waals surface area (Å²) in [5, 5.41) is 8.15. The highest BCUT2D eigenvalue weighted by Crippen LogP contribution is 2.28. The fourth-order valence-electron chi connectivity index (χ4n) is 6.00. The number of carbonyl (C=O) groups is 1. The van der Waals surface area contributed by atoms with E-state index in [-0.39, 0.29) is 11.7 Å². The van der Waals surface area contributed by atoms with Crippen LogP contribution in [0.5, 0.6) is 5.75 Å². The molecule has 2 N–H and O–H groups in total. The van der Waals surface area contributed by atoms with Gasteiger partial charge in [0, 0.05) is 43.7 Å². The highest BCUT2D eigenvalue weighted by molar-refractivity contribution is 5.96. The largest absolute Gasteiger partial charge is 0.494 e. The van der Waals surface area contributed by atoms with Gasteiger partial charge in [-0.2, -0.15) is 0 Å². The average molecular weight is 636 g/mol. The number of hydrogen-bond acceptors (Lipinski definition) is 7. The minimum atomic E-state index is 0.128. The van der Waals surface area contributed by atoms with Crippen molar-refractivity contribution in [3.63, 3.8) is 0 Å². The Balaban J connectivity index is 0.000000295. The molecule has 5 rings (SSSR count). The van der Waals surface area contributed by atoms with E-state index < -0.39 is 0 Å². The first kappa shape index (κ1) is 35.6. The number of ketones is 1. The summed E-state index contributed by atoms with van der Waals surface area (Å²) in [6.45, 7) is 10.8. The summed E-state index contributed by atoms with van der Waals surface area (Å²) in [5.41, 5.74) is 4.04. The van der Waals surface area contributed by atoms with Crippen LogP contribution in [-0.2, 0) is 0 Å². The van der Waals surface area contributed by atoms with Crippen molar-refractivity contribution in [3.8, 4) is 5.75 Å². The van der Waals surface area contributed by atoms with E-state index >= 15 is 0 Å². The number of ether oxygens (including phenoxy) is 1. The lowest BCUT2D eigenvalue weighted by Crippen LogP contribution is -2.30. The molecular formula is C40H53N5O2. The van der Waals surface area contributed by atoms with Crippen LogP contribution in [0.15, 0.2) is 85.1 Å². The molecule has 47 heavy (non-hydrogen) atoms. The third kappa shape index (κ3) is 11.2. The number of nitrogens with one attached hydrogen (secondary N) is 2. The number of rotatable bonds is 13. The van der Waals surface area contributed by atoms with E-state index in [9.17, 15) is 4.79 Å². The van der Waals surface area contributed by atoms with Crippen LogP contribution in [0.3, 0.4) is 0 Å². The minimum absolute atomic E-state index is 0.128. The topological polar surface area (TPSA) is 79.4 Å². The molecule has 7 nitrogen and oxygen atoms in total. The molecule has 4 aromatic rings. The first-order valence-corrected chi connectivity index (χ1v) is 17.1. The van der Waals surface area contributed by atoms with Gasteiger partial charge in [-0.1, -0.05) is 56.2 Å². The molecule has 1 heterocycles. The summed E-state index contributed by atoms with van der Waals surface area (Å²) < 4.78 is 5.50. The van der Waals surface area contributed by atoms with Gasteiger partial charge in [0.1, 0.15) is 17.4 Å². The van der Waals surface area contributed by atoms with Crippen LogP contribution in [0.1, 0.15) is 67.7 Å². The number of hydrogen-bond donors (Lipinski definition) is 2. The van der Waals surface area contributed by atoms with Crippen LogP contribution < -0.4 is 20.3 Å². The van der Waals surface area contributed by atoms with Gasteiger partial charge in [-0.3, -0.25) is 4.79 Å². The van der Waals surface area contributed by atoms with Crippen molar-refractivity contribution in [1.29, 1.82) is 0 Å².